The van der Waals surface area contributed by atoms with Crippen LogP contribution >= 0.6 is 11.6 Å². The number of amides is 2. The molecule has 1 N–H and O–H groups in total. The molecule has 0 bridgehead atoms. The molecule has 1 aromatic carbocycles. The Balaban J connectivity index is 2.12. The average molecular weight is 376 g/mol. The van der Waals surface area contributed by atoms with Crippen molar-refractivity contribution in [2.75, 3.05) is 26.0 Å². The fourth-order valence-corrected chi connectivity index (χ4v) is 2.57. The molecule has 0 saturated carbocycles. The molecule has 6 nitrogen and oxygen atoms in total. The Morgan fingerprint density at radius 2 is 1.96 bits per heavy atom. The van der Waals surface area contributed by atoms with E-state index in [1.54, 1.807) is 48.3 Å². The van der Waals surface area contributed by atoms with Gasteiger partial charge in [0, 0.05) is 19.3 Å². The van der Waals surface area contributed by atoms with E-state index in [1.807, 2.05) is 0 Å². The van der Waals surface area contributed by atoms with Gasteiger partial charge in [0.25, 0.3) is 11.8 Å². The van der Waals surface area contributed by atoms with Crippen molar-refractivity contribution in [3.05, 3.63) is 52.8 Å². The maximum atomic E-state index is 12.4. The number of rotatable bonds is 7. The number of nitrogens with one attached hydrogen (secondary N) is 1. The van der Waals surface area contributed by atoms with E-state index in [0.717, 1.165) is 12.8 Å². The number of hydrogen-bond donors (Lipinski definition) is 1. The first kappa shape index (κ1) is 19.7. The highest BCUT2D eigenvalue weighted by Crippen LogP contribution is 2.27. The van der Waals surface area contributed by atoms with Crippen molar-refractivity contribution in [2.45, 2.75) is 19.8 Å². The van der Waals surface area contributed by atoms with E-state index in [0.29, 0.717) is 23.0 Å². The van der Waals surface area contributed by atoms with Crippen LogP contribution in [0.2, 0.25) is 5.02 Å². The minimum atomic E-state index is -0.419. The van der Waals surface area contributed by atoms with Crippen LogP contribution in [0.15, 0.2) is 36.4 Å². The highest BCUT2D eigenvalue weighted by Gasteiger charge is 2.16. The van der Waals surface area contributed by atoms with Crippen LogP contribution in [-0.2, 0) is 0 Å². The van der Waals surface area contributed by atoms with Crippen LogP contribution in [0, 0.1) is 0 Å². The molecule has 0 atom stereocenters. The first-order valence-electron chi connectivity index (χ1n) is 8.33. The van der Waals surface area contributed by atoms with Gasteiger partial charge >= 0.3 is 0 Å². The number of benzene rings is 1. The van der Waals surface area contributed by atoms with Gasteiger partial charge in [-0.1, -0.05) is 31.0 Å². The molecule has 0 aliphatic carbocycles. The van der Waals surface area contributed by atoms with Gasteiger partial charge < -0.3 is 15.0 Å². The summed E-state index contributed by atoms with van der Waals surface area (Å²) in [7, 11) is 3.25. The normalized spacial score (nSPS) is 10.3. The van der Waals surface area contributed by atoms with Crippen molar-refractivity contribution >= 4 is 29.1 Å². The number of halogens is 1. The first-order valence-corrected chi connectivity index (χ1v) is 8.71. The summed E-state index contributed by atoms with van der Waals surface area (Å²) in [5.74, 6) is -0.108. The lowest BCUT2D eigenvalue weighted by atomic mass is 10.2. The summed E-state index contributed by atoms with van der Waals surface area (Å²) in [6.07, 6.45) is 1.92. The molecule has 2 aromatic rings. The van der Waals surface area contributed by atoms with Gasteiger partial charge in [-0.25, -0.2) is 4.98 Å². The predicted molar refractivity (Wildman–Crippen MR) is 102 cm³/mol. The van der Waals surface area contributed by atoms with Crippen LogP contribution in [-0.4, -0.2) is 42.4 Å². The minimum absolute atomic E-state index is 0.159. The summed E-state index contributed by atoms with van der Waals surface area (Å²) in [5.41, 5.74) is 0.912. The molecule has 7 heteroatoms. The van der Waals surface area contributed by atoms with Gasteiger partial charge in [0.2, 0.25) is 0 Å². The monoisotopic (exact) mass is 375 g/mol. The zero-order chi connectivity index (χ0) is 19.1. The molecular formula is C19H22ClN3O3. The third-order valence-corrected chi connectivity index (χ3v) is 4.10. The molecule has 0 saturated heterocycles. The Hall–Kier alpha value is -2.60. The molecule has 0 fully saturated rings. The van der Waals surface area contributed by atoms with Gasteiger partial charge in [-0.2, -0.15) is 0 Å². The summed E-state index contributed by atoms with van der Waals surface area (Å²) >= 11 is 6.06. The molecule has 2 amide bonds. The Morgan fingerprint density at radius 1 is 1.23 bits per heavy atom. The number of anilines is 1. The van der Waals surface area contributed by atoms with Crippen molar-refractivity contribution < 1.29 is 14.3 Å². The molecule has 0 spiro atoms. The van der Waals surface area contributed by atoms with Crippen LogP contribution in [0.5, 0.6) is 5.75 Å². The number of carbonyl (C=O) groups is 2. The third kappa shape index (κ3) is 4.95. The summed E-state index contributed by atoms with van der Waals surface area (Å²) in [4.78, 5) is 30.6. The maximum Gasteiger partial charge on any atom is 0.274 e. The lowest BCUT2D eigenvalue weighted by Crippen LogP contribution is -2.29. The van der Waals surface area contributed by atoms with Gasteiger partial charge in [-0.15, -0.1) is 0 Å². The number of ether oxygens (including phenoxy) is 1. The van der Waals surface area contributed by atoms with E-state index in [-0.39, 0.29) is 17.3 Å². The SMILES string of the molecule is CCCCN(C)C(=O)c1cccc(C(=O)Nc2ccc(OC)c(Cl)c2)n1. The molecule has 0 aliphatic heterocycles. The summed E-state index contributed by atoms with van der Waals surface area (Å²) in [6.45, 7) is 2.71. The van der Waals surface area contributed by atoms with Gasteiger partial charge in [0.05, 0.1) is 12.1 Å². The molecule has 26 heavy (non-hydrogen) atoms. The van der Waals surface area contributed by atoms with Crippen molar-refractivity contribution in [3.8, 4) is 5.75 Å². The van der Waals surface area contributed by atoms with E-state index in [9.17, 15) is 9.59 Å². The van der Waals surface area contributed by atoms with Crippen LogP contribution in [0.4, 0.5) is 5.69 Å². The Kier molecular flexibility index (Phi) is 6.97. The quantitative estimate of drug-likeness (QED) is 0.797. The fraction of sp³-hybridized carbons (Fsp3) is 0.316. The highest BCUT2D eigenvalue weighted by molar-refractivity contribution is 6.32. The molecule has 138 valence electrons. The summed E-state index contributed by atoms with van der Waals surface area (Å²) in [5, 5.41) is 3.10. The van der Waals surface area contributed by atoms with E-state index in [2.05, 4.69) is 17.2 Å². The molecule has 0 radical (unpaired) electrons. The lowest BCUT2D eigenvalue weighted by molar-refractivity contribution is 0.0787. The van der Waals surface area contributed by atoms with Crippen molar-refractivity contribution in [2.24, 2.45) is 0 Å². The van der Waals surface area contributed by atoms with E-state index < -0.39 is 5.91 Å². The van der Waals surface area contributed by atoms with Crippen molar-refractivity contribution in [3.63, 3.8) is 0 Å². The zero-order valence-corrected chi connectivity index (χ0v) is 15.8. The van der Waals surface area contributed by atoms with Crippen LogP contribution in [0.25, 0.3) is 0 Å². The van der Waals surface area contributed by atoms with Gasteiger partial charge in [-0.3, -0.25) is 9.59 Å². The standard InChI is InChI=1S/C19H22ClN3O3/c1-4-5-11-23(2)19(25)16-8-6-7-15(22-16)18(24)21-13-9-10-17(26-3)14(20)12-13/h6-10,12H,4-5,11H2,1-3H3,(H,21,24). The second-order valence-electron chi connectivity index (χ2n) is 5.79. The molecular weight excluding hydrogens is 354 g/mol. The Bertz CT molecular complexity index is 795. The number of carbonyl (C=O) groups excluding carboxylic acids is 2. The molecule has 1 heterocycles. The molecule has 0 unspecified atom stereocenters. The average Bonchev–Trinajstić information content (AvgIpc) is 2.65. The van der Waals surface area contributed by atoms with Crippen molar-refractivity contribution in [1.29, 1.82) is 0 Å². The van der Waals surface area contributed by atoms with E-state index in [4.69, 9.17) is 16.3 Å². The lowest BCUT2D eigenvalue weighted by Gasteiger charge is -2.16. The molecule has 2 rings (SSSR count). The zero-order valence-electron chi connectivity index (χ0n) is 15.1. The second-order valence-corrected chi connectivity index (χ2v) is 6.20. The summed E-state index contributed by atoms with van der Waals surface area (Å²) in [6, 6.07) is 9.73. The number of nitrogens with zero attached hydrogens (tertiary/aromatic N) is 2. The second kappa shape index (κ2) is 9.20. The van der Waals surface area contributed by atoms with Crippen LogP contribution in [0.1, 0.15) is 40.7 Å². The van der Waals surface area contributed by atoms with Crippen molar-refractivity contribution in [1.82, 2.24) is 9.88 Å². The van der Waals surface area contributed by atoms with Gasteiger partial charge in [-0.05, 0) is 36.8 Å². The first-order chi connectivity index (χ1) is 12.5. The number of unbranched alkanes of at least 4 members (excludes halogenated alkanes) is 1. The van der Waals surface area contributed by atoms with Gasteiger partial charge in [0.15, 0.2) is 0 Å². The smallest absolute Gasteiger partial charge is 0.274 e. The van der Waals surface area contributed by atoms with Crippen LogP contribution < -0.4 is 10.1 Å². The molecule has 1 aromatic heterocycles. The largest absolute Gasteiger partial charge is 0.495 e. The van der Waals surface area contributed by atoms with E-state index >= 15 is 0 Å². The molecule has 0 aliphatic rings. The summed E-state index contributed by atoms with van der Waals surface area (Å²) < 4.78 is 5.08. The van der Waals surface area contributed by atoms with E-state index in [1.165, 1.54) is 7.11 Å². The van der Waals surface area contributed by atoms with Crippen LogP contribution in [0.3, 0.4) is 0 Å². The predicted octanol–water partition coefficient (Wildman–Crippen LogP) is 3.87. The number of methoxy groups -OCH3 is 1. The maximum absolute atomic E-state index is 12.4. The number of pyridine rings is 1. The Morgan fingerprint density at radius 3 is 2.62 bits per heavy atom. The number of aromatic nitrogens is 1. The highest BCUT2D eigenvalue weighted by atomic mass is 35.5. The minimum Gasteiger partial charge on any atom is -0.495 e. The van der Waals surface area contributed by atoms with Gasteiger partial charge in [0.1, 0.15) is 17.1 Å². The third-order valence-electron chi connectivity index (χ3n) is 3.80. The fourth-order valence-electron chi connectivity index (χ4n) is 2.31. The number of hydrogen-bond acceptors (Lipinski definition) is 4. The Labute approximate surface area is 158 Å². The topological polar surface area (TPSA) is 71.5 Å².